The number of carbonyl (C=O) groups excluding carboxylic acids is 1. The molecule has 0 radical (unpaired) electrons. The minimum Gasteiger partial charge on any atom is -0.480 e. The maximum atomic E-state index is 12.0. The van der Waals surface area contributed by atoms with E-state index in [0.29, 0.717) is 4.88 Å². The van der Waals surface area contributed by atoms with Crippen LogP contribution in [0.3, 0.4) is 0 Å². The Hall–Kier alpha value is -0.880. The maximum absolute atomic E-state index is 12.0. The molecule has 0 unspecified atom stereocenters. The predicted molar refractivity (Wildman–Crippen MR) is 75.1 cm³/mol. The van der Waals surface area contributed by atoms with E-state index in [0.717, 1.165) is 9.35 Å². The Morgan fingerprint density at radius 3 is 2.33 bits per heavy atom. The van der Waals surface area contributed by atoms with E-state index in [-0.39, 0.29) is 5.91 Å². The molecule has 1 aromatic rings. The Bertz CT molecular complexity index is 457. The van der Waals surface area contributed by atoms with Crippen molar-refractivity contribution in [3.8, 4) is 0 Å². The predicted octanol–water partition coefficient (Wildman–Crippen LogP) is 3.05. The average Bonchev–Trinajstić information content (AvgIpc) is 2.53. The number of hydrogen-bond donors (Lipinski definition) is 2. The van der Waals surface area contributed by atoms with Crippen LogP contribution in [0.5, 0.6) is 0 Å². The number of aryl methyl sites for hydroxylation is 1. The van der Waals surface area contributed by atoms with Crippen LogP contribution in [0, 0.1) is 12.3 Å². The van der Waals surface area contributed by atoms with Gasteiger partial charge >= 0.3 is 5.97 Å². The zero-order valence-electron chi connectivity index (χ0n) is 10.7. The fraction of sp³-hybridized carbons (Fsp3) is 0.500. The van der Waals surface area contributed by atoms with E-state index < -0.39 is 17.4 Å². The van der Waals surface area contributed by atoms with Crippen LogP contribution in [-0.2, 0) is 4.79 Å². The maximum Gasteiger partial charge on any atom is 0.326 e. The summed E-state index contributed by atoms with van der Waals surface area (Å²) in [4.78, 5) is 23.7. The van der Waals surface area contributed by atoms with Crippen LogP contribution in [0.15, 0.2) is 9.85 Å². The molecule has 0 aliphatic rings. The lowest BCUT2D eigenvalue weighted by molar-refractivity contribution is -0.142. The molecule has 0 aliphatic heterocycles. The van der Waals surface area contributed by atoms with Crippen LogP contribution < -0.4 is 5.32 Å². The van der Waals surface area contributed by atoms with Gasteiger partial charge in [0.1, 0.15) is 6.04 Å². The summed E-state index contributed by atoms with van der Waals surface area (Å²) in [6.07, 6.45) is 0. The van der Waals surface area contributed by atoms with Gasteiger partial charge in [0, 0.05) is 0 Å². The van der Waals surface area contributed by atoms with Crippen molar-refractivity contribution in [2.75, 3.05) is 0 Å². The molecule has 0 aromatic carbocycles. The first-order chi connectivity index (χ1) is 8.12. The molecule has 1 heterocycles. The number of thiophene rings is 1. The molecule has 2 N–H and O–H groups in total. The number of nitrogens with one attached hydrogen (secondary N) is 1. The summed E-state index contributed by atoms with van der Waals surface area (Å²) in [5, 5.41) is 11.7. The van der Waals surface area contributed by atoms with E-state index >= 15 is 0 Å². The van der Waals surface area contributed by atoms with Crippen LogP contribution >= 0.6 is 27.3 Å². The number of carboxylic acids is 1. The Balaban J connectivity index is 2.89. The second-order valence-corrected chi connectivity index (χ2v) is 7.55. The Labute approximate surface area is 119 Å². The highest BCUT2D eigenvalue weighted by Crippen LogP contribution is 2.28. The van der Waals surface area contributed by atoms with Gasteiger partial charge in [0.15, 0.2) is 0 Å². The van der Waals surface area contributed by atoms with Crippen molar-refractivity contribution in [2.45, 2.75) is 33.7 Å². The molecule has 1 amide bonds. The molecular formula is C12H16BrNO3S. The van der Waals surface area contributed by atoms with Crippen LogP contribution in [0.4, 0.5) is 0 Å². The van der Waals surface area contributed by atoms with Gasteiger partial charge in [-0.25, -0.2) is 4.79 Å². The van der Waals surface area contributed by atoms with Crippen LogP contribution in [0.2, 0.25) is 0 Å². The van der Waals surface area contributed by atoms with E-state index in [1.54, 1.807) is 26.8 Å². The van der Waals surface area contributed by atoms with Crippen LogP contribution in [-0.4, -0.2) is 23.0 Å². The lowest BCUT2D eigenvalue weighted by atomic mass is 9.87. The Kier molecular flexibility index (Phi) is 4.55. The molecule has 0 fully saturated rings. The van der Waals surface area contributed by atoms with Crippen molar-refractivity contribution in [3.63, 3.8) is 0 Å². The van der Waals surface area contributed by atoms with Gasteiger partial charge < -0.3 is 10.4 Å². The Morgan fingerprint density at radius 1 is 1.44 bits per heavy atom. The minimum atomic E-state index is -1.02. The first kappa shape index (κ1) is 15.2. The summed E-state index contributed by atoms with van der Waals surface area (Å²) < 4.78 is 0.885. The highest BCUT2D eigenvalue weighted by atomic mass is 79.9. The number of halogens is 1. The van der Waals surface area contributed by atoms with Gasteiger partial charge in [-0.3, -0.25) is 4.79 Å². The molecule has 0 spiro atoms. The molecule has 0 saturated carbocycles. The fourth-order valence-electron chi connectivity index (χ4n) is 1.42. The lowest BCUT2D eigenvalue weighted by Crippen LogP contribution is -2.48. The SMILES string of the molecule is Cc1cc(C(=O)N[C@H](C(=O)O)C(C)(C)C)sc1Br. The molecule has 6 heteroatoms. The van der Waals surface area contributed by atoms with Crippen molar-refractivity contribution < 1.29 is 14.7 Å². The average molecular weight is 334 g/mol. The summed E-state index contributed by atoms with van der Waals surface area (Å²) in [5.41, 5.74) is 0.429. The van der Waals surface area contributed by atoms with Crippen molar-refractivity contribution >= 4 is 39.1 Å². The third kappa shape index (κ3) is 3.55. The molecule has 4 nitrogen and oxygen atoms in total. The smallest absolute Gasteiger partial charge is 0.326 e. The largest absolute Gasteiger partial charge is 0.480 e. The molecule has 1 rings (SSSR count). The van der Waals surface area contributed by atoms with Gasteiger partial charge in [-0.1, -0.05) is 20.8 Å². The third-order valence-corrected chi connectivity index (χ3v) is 4.60. The van der Waals surface area contributed by atoms with E-state index in [1.807, 2.05) is 6.92 Å². The summed E-state index contributed by atoms with van der Waals surface area (Å²) >= 11 is 4.64. The normalized spacial score (nSPS) is 13.2. The summed E-state index contributed by atoms with van der Waals surface area (Å²) in [5.74, 6) is -1.38. The van der Waals surface area contributed by atoms with E-state index in [2.05, 4.69) is 21.2 Å². The number of amides is 1. The fourth-order valence-corrected chi connectivity index (χ4v) is 2.86. The Morgan fingerprint density at radius 2 is 2.00 bits per heavy atom. The molecule has 0 bridgehead atoms. The zero-order valence-corrected chi connectivity index (χ0v) is 13.1. The molecule has 1 atom stereocenters. The first-order valence-corrected chi connectivity index (χ1v) is 7.03. The third-order valence-electron chi connectivity index (χ3n) is 2.47. The van der Waals surface area contributed by atoms with Gasteiger partial charge in [-0.2, -0.15) is 0 Å². The highest BCUT2D eigenvalue weighted by Gasteiger charge is 2.33. The van der Waals surface area contributed by atoms with Crippen molar-refractivity contribution in [1.82, 2.24) is 5.32 Å². The quantitative estimate of drug-likeness (QED) is 0.893. The van der Waals surface area contributed by atoms with E-state index in [9.17, 15) is 9.59 Å². The van der Waals surface area contributed by atoms with Crippen molar-refractivity contribution in [2.24, 2.45) is 5.41 Å². The van der Waals surface area contributed by atoms with Gasteiger partial charge in [-0.15, -0.1) is 11.3 Å². The standard InChI is InChI=1S/C12H16BrNO3S/c1-6-5-7(18-9(6)13)10(15)14-8(11(16)17)12(2,3)4/h5,8H,1-4H3,(H,14,15)(H,16,17)/t8-/m1/s1. The molecule has 100 valence electrons. The number of carboxylic acid groups (broad SMARTS) is 1. The second-order valence-electron chi connectivity index (χ2n) is 5.18. The van der Waals surface area contributed by atoms with Gasteiger partial charge in [0.05, 0.1) is 8.66 Å². The molecule has 0 aliphatic carbocycles. The summed E-state index contributed by atoms with van der Waals surface area (Å²) in [6.45, 7) is 7.22. The van der Waals surface area contributed by atoms with Gasteiger partial charge in [-0.05, 0) is 39.9 Å². The highest BCUT2D eigenvalue weighted by molar-refractivity contribution is 9.11. The first-order valence-electron chi connectivity index (χ1n) is 5.42. The van der Waals surface area contributed by atoms with Crippen molar-refractivity contribution in [3.05, 3.63) is 20.3 Å². The number of rotatable bonds is 3. The van der Waals surface area contributed by atoms with Crippen LogP contribution in [0.1, 0.15) is 36.0 Å². The monoisotopic (exact) mass is 333 g/mol. The molecule has 1 aromatic heterocycles. The number of carbonyl (C=O) groups is 2. The number of hydrogen-bond acceptors (Lipinski definition) is 3. The molecular weight excluding hydrogens is 318 g/mol. The van der Waals surface area contributed by atoms with Gasteiger partial charge in [0.25, 0.3) is 5.91 Å². The summed E-state index contributed by atoms with van der Waals surface area (Å²) in [7, 11) is 0. The van der Waals surface area contributed by atoms with Crippen LogP contribution in [0.25, 0.3) is 0 Å². The van der Waals surface area contributed by atoms with E-state index in [4.69, 9.17) is 5.11 Å². The minimum absolute atomic E-state index is 0.351. The van der Waals surface area contributed by atoms with Gasteiger partial charge in [0.2, 0.25) is 0 Å². The molecule has 0 saturated heterocycles. The van der Waals surface area contributed by atoms with Crippen molar-refractivity contribution in [1.29, 1.82) is 0 Å². The van der Waals surface area contributed by atoms with E-state index in [1.165, 1.54) is 11.3 Å². The number of aliphatic carboxylic acids is 1. The summed E-state index contributed by atoms with van der Waals surface area (Å²) in [6, 6.07) is 0.831. The zero-order chi connectivity index (χ0) is 14.1. The lowest BCUT2D eigenvalue weighted by Gasteiger charge is -2.27. The second kappa shape index (κ2) is 5.40. The topological polar surface area (TPSA) is 66.4 Å². The molecule has 18 heavy (non-hydrogen) atoms.